The molecule has 154 valence electrons. The molecule has 0 N–H and O–H groups in total. The van der Waals surface area contributed by atoms with Crippen LogP contribution in [-0.2, 0) is 6.54 Å². The smallest absolute Gasteiger partial charge is 0.263 e. The number of nitrogens with zero attached hydrogens (tertiary/aromatic N) is 4. The lowest BCUT2D eigenvalue weighted by Crippen LogP contribution is -2.32. The number of fused-ring (bicyclic) bond motifs is 1. The van der Waals surface area contributed by atoms with Gasteiger partial charge in [0.25, 0.3) is 5.91 Å². The summed E-state index contributed by atoms with van der Waals surface area (Å²) in [6, 6.07) is 13.2. The molecule has 7 nitrogen and oxygen atoms in total. The number of para-hydroxylation sites is 2. The van der Waals surface area contributed by atoms with E-state index in [1.807, 2.05) is 35.0 Å². The number of aromatic nitrogens is 3. The Bertz CT molecular complexity index is 1110. The van der Waals surface area contributed by atoms with Crippen LogP contribution in [0.15, 0.2) is 61.2 Å². The van der Waals surface area contributed by atoms with E-state index in [0.717, 1.165) is 23.2 Å². The zero-order valence-corrected chi connectivity index (χ0v) is 17.6. The van der Waals surface area contributed by atoms with Crippen LogP contribution in [0.25, 0.3) is 10.2 Å². The predicted molar refractivity (Wildman–Crippen MR) is 118 cm³/mol. The Morgan fingerprint density at radius 1 is 1.13 bits per heavy atom. The molecule has 0 atom stereocenters. The summed E-state index contributed by atoms with van der Waals surface area (Å²) >= 11 is 1.50. The Balaban J connectivity index is 1.68. The van der Waals surface area contributed by atoms with Crippen molar-refractivity contribution in [3.05, 3.63) is 66.7 Å². The second kappa shape index (κ2) is 8.96. The van der Waals surface area contributed by atoms with Gasteiger partial charge in [-0.1, -0.05) is 29.5 Å². The lowest BCUT2D eigenvalue weighted by atomic mass is 10.1. The van der Waals surface area contributed by atoms with E-state index in [1.165, 1.54) is 18.4 Å². The highest BCUT2D eigenvalue weighted by atomic mass is 32.1. The van der Waals surface area contributed by atoms with Crippen molar-refractivity contribution in [3.63, 3.8) is 0 Å². The second-order valence-electron chi connectivity index (χ2n) is 6.62. The zero-order chi connectivity index (χ0) is 20.9. The highest BCUT2D eigenvalue weighted by molar-refractivity contribution is 7.22. The van der Waals surface area contributed by atoms with Gasteiger partial charge in [0.15, 0.2) is 16.6 Å². The van der Waals surface area contributed by atoms with Crippen molar-refractivity contribution in [2.75, 3.05) is 25.7 Å². The molecule has 0 bridgehead atoms. The average molecular weight is 423 g/mol. The fourth-order valence-electron chi connectivity index (χ4n) is 3.29. The highest BCUT2D eigenvalue weighted by Gasteiger charge is 2.25. The molecule has 0 unspecified atom stereocenters. The van der Waals surface area contributed by atoms with Crippen molar-refractivity contribution in [1.82, 2.24) is 14.5 Å². The van der Waals surface area contributed by atoms with Gasteiger partial charge in [0.2, 0.25) is 0 Å². The Morgan fingerprint density at radius 2 is 2.00 bits per heavy atom. The number of imidazole rings is 1. The number of methoxy groups -OCH3 is 2. The number of carbonyl (C=O) groups is 1. The first kappa shape index (κ1) is 19.9. The summed E-state index contributed by atoms with van der Waals surface area (Å²) in [5.41, 5.74) is 1.32. The standard InChI is InChI=1S/C22H22N4O3S/c1-28-18-9-5-7-16(20(18)29-2)21(27)26(13-6-12-25-14-11-23-15-25)22-24-17-8-3-4-10-19(17)30-22/h3-5,7-11,14-15H,6,12-13H2,1-2H3. The van der Waals surface area contributed by atoms with E-state index < -0.39 is 0 Å². The Morgan fingerprint density at radius 3 is 2.73 bits per heavy atom. The van der Waals surface area contributed by atoms with E-state index in [1.54, 1.807) is 42.7 Å². The van der Waals surface area contributed by atoms with Crippen molar-refractivity contribution < 1.29 is 14.3 Å². The third kappa shape index (κ3) is 3.99. The number of anilines is 1. The van der Waals surface area contributed by atoms with E-state index in [-0.39, 0.29) is 5.91 Å². The van der Waals surface area contributed by atoms with E-state index in [0.29, 0.717) is 28.7 Å². The van der Waals surface area contributed by atoms with Gasteiger partial charge in [-0.25, -0.2) is 9.97 Å². The van der Waals surface area contributed by atoms with E-state index in [2.05, 4.69) is 4.98 Å². The number of aryl methyl sites for hydroxylation is 1. The Kier molecular flexibility index (Phi) is 5.94. The van der Waals surface area contributed by atoms with Gasteiger partial charge in [-0.2, -0.15) is 0 Å². The molecule has 2 aromatic carbocycles. The molecule has 30 heavy (non-hydrogen) atoms. The molecule has 0 aliphatic heterocycles. The van der Waals surface area contributed by atoms with Crippen LogP contribution in [0.4, 0.5) is 5.13 Å². The number of ether oxygens (including phenoxy) is 2. The lowest BCUT2D eigenvalue weighted by molar-refractivity contribution is 0.0982. The fourth-order valence-corrected chi connectivity index (χ4v) is 4.28. The summed E-state index contributed by atoms with van der Waals surface area (Å²) in [4.78, 5) is 24.1. The molecule has 0 spiro atoms. The van der Waals surface area contributed by atoms with Crippen LogP contribution < -0.4 is 14.4 Å². The van der Waals surface area contributed by atoms with Crippen LogP contribution in [0.1, 0.15) is 16.8 Å². The Hall–Kier alpha value is -3.39. The molecule has 0 fully saturated rings. The number of hydrogen-bond donors (Lipinski definition) is 0. The minimum Gasteiger partial charge on any atom is -0.493 e. The topological polar surface area (TPSA) is 69.5 Å². The zero-order valence-electron chi connectivity index (χ0n) is 16.8. The summed E-state index contributed by atoms with van der Waals surface area (Å²) in [5.74, 6) is 0.771. The Labute approximate surface area is 178 Å². The first-order valence-corrected chi connectivity index (χ1v) is 10.4. The van der Waals surface area contributed by atoms with Gasteiger partial charge < -0.3 is 14.0 Å². The largest absolute Gasteiger partial charge is 0.493 e. The maximum atomic E-state index is 13.6. The summed E-state index contributed by atoms with van der Waals surface area (Å²) in [5, 5.41) is 0.664. The van der Waals surface area contributed by atoms with Crippen LogP contribution in [0.3, 0.4) is 0 Å². The number of hydrogen-bond acceptors (Lipinski definition) is 6. The summed E-state index contributed by atoms with van der Waals surface area (Å²) < 4.78 is 13.9. The third-order valence-electron chi connectivity index (χ3n) is 4.75. The van der Waals surface area contributed by atoms with Gasteiger partial charge >= 0.3 is 0 Å². The quantitative estimate of drug-likeness (QED) is 0.425. The van der Waals surface area contributed by atoms with Gasteiger partial charge in [0.05, 0.1) is 36.3 Å². The molecule has 0 saturated carbocycles. The second-order valence-corrected chi connectivity index (χ2v) is 7.63. The predicted octanol–water partition coefficient (Wildman–Crippen LogP) is 4.25. The molecule has 1 amide bonds. The average Bonchev–Trinajstić information content (AvgIpc) is 3.45. The first-order valence-electron chi connectivity index (χ1n) is 9.55. The van der Waals surface area contributed by atoms with Crippen LogP contribution >= 0.6 is 11.3 Å². The van der Waals surface area contributed by atoms with Crippen LogP contribution in [0, 0.1) is 0 Å². The van der Waals surface area contributed by atoms with Crippen molar-refractivity contribution in [2.45, 2.75) is 13.0 Å². The normalized spacial score (nSPS) is 10.9. The van der Waals surface area contributed by atoms with E-state index in [4.69, 9.17) is 14.5 Å². The van der Waals surface area contributed by atoms with Crippen molar-refractivity contribution in [1.29, 1.82) is 0 Å². The van der Waals surface area contributed by atoms with E-state index >= 15 is 0 Å². The maximum Gasteiger partial charge on any atom is 0.263 e. The van der Waals surface area contributed by atoms with Crippen molar-refractivity contribution in [3.8, 4) is 11.5 Å². The number of thiazole rings is 1. The first-order chi connectivity index (χ1) is 14.7. The molecule has 0 aliphatic rings. The minimum absolute atomic E-state index is 0.171. The monoisotopic (exact) mass is 422 g/mol. The van der Waals surface area contributed by atoms with Gasteiger partial charge in [-0.3, -0.25) is 9.69 Å². The summed E-state index contributed by atoms with van der Waals surface area (Å²) in [7, 11) is 3.10. The lowest BCUT2D eigenvalue weighted by Gasteiger charge is -2.22. The SMILES string of the molecule is COc1cccc(C(=O)N(CCCn2ccnc2)c2nc3ccccc3s2)c1OC. The number of carbonyl (C=O) groups excluding carboxylic acids is 1. The summed E-state index contributed by atoms with van der Waals surface area (Å²) in [6.45, 7) is 1.27. The van der Waals surface area contributed by atoms with Crippen LogP contribution in [0.2, 0.25) is 0 Å². The molecule has 0 radical (unpaired) electrons. The fraction of sp³-hybridized carbons (Fsp3) is 0.227. The van der Waals surface area contributed by atoms with Gasteiger partial charge in [0.1, 0.15) is 0 Å². The van der Waals surface area contributed by atoms with Gasteiger partial charge in [-0.05, 0) is 30.7 Å². The molecule has 4 rings (SSSR count). The van der Waals surface area contributed by atoms with Crippen LogP contribution in [0.5, 0.6) is 11.5 Å². The highest BCUT2D eigenvalue weighted by Crippen LogP contribution is 2.34. The third-order valence-corrected chi connectivity index (χ3v) is 5.81. The van der Waals surface area contributed by atoms with Gasteiger partial charge in [-0.15, -0.1) is 0 Å². The van der Waals surface area contributed by atoms with E-state index in [9.17, 15) is 4.79 Å². The molecule has 0 aliphatic carbocycles. The molecule has 2 aromatic heterocycles. The maximum absolute atomic E-state index is 13.6. The minimum atomic E-state index is -0.171. The summed E-state index contributed by atoms with van der Waals surface area (Å²) in [6.07, 6.45) is 6.19. The molecule has 8 heteroatoms. The van der Waals surface area contributed by atoms with Crippen LogP contribution in [-0.4, -0.2) is 41.2 Å². The molecular weight excluding hydrogens is 400 g/mol. The van der Waals surface area contributed by atoms with Crippen molar-refractivity contribution in [2.24, 2.45) is 0 Å². The molecule has 0 saturated heterocycles. The molecule has 2 heterocycles. The number of rotatable bonds is 8. The molecule has 4 aromatic rings. The van der Waals surface area contributed by atoms with Crippen molar-refractivity contribution >= 4 is 32.6 Å². The van der Waals surface area contributed by atoms with Gasteiger partial charge in [0, 0.05) is 25.5 Å². The number of amides is 1. The molecular formula is C22H22N4O3S. The number of benzene rings is 2.